The van der Waals surface area contributed by atoms with Gasteiger partial charge in [-0.05, 0) is 90.8 Å². The van der Waals surface area contributed by atoms with Crippen molar-refractivity contribution in [2.24, 2.45) is 11.3 Å². The van der Waals surface area contributed by atoms with Crippen molar-refractivity contribution >= 4 is 10.9 Å². The van der Waals surface area contributed by atoms with Crippen molar-refractivity contribution < 1.29 is 10.2 Å². The predicted octanol–water partition coefficient (Wildman–Crippen LogP) is 7.61. The Labute approximate surface area is 259 Å². The van der Waals surface area contributed by atoms with Gasteiger partial charge in [0, 0.05) is 40.7 Å². The molecule has 4 unspecified atom stereocenters. The van der Waals surface area contributed by atoms with Gasteiger partial charge in [0.05, 0.1) is 17.3 Å². The molecule has 0 spiro atoms. The molecule has 222 valence electrons. The number of aliphatic hydroxyl groups excluding tert-OH is 2. The molecule has 1 aromatic heterocycles. The van der Waals surface area contributed by atoms with Gasteiger partial charge in [0.25, 0.3) is 0 Å². The zero-order chi connectivity index (χ0) is 29.7. The highest BCUT2D eigenvalue weighted by Crippen LogP contribution is 2.62. The molecular formula is C40H40N2O2. The third-order valence-corrected chi connectivity index (χ3v) is 11.1. The lowest BCUT2D eigenvalue weighted by Gasteiger charge is -2.42. The number of allylic oxidation sites excluding steroid dienone is 8. The van der Waals surface area contributed by atoms with Crippen LogP contribution in [0.2, 0.25) is 0 Å². The second kappa shape index (κ2) is 10.9. The van der Waals surface area contributed by atoms with E-state index in [-0.39, 0.29) is 30.1 Å². The van der Waals surface area contributed by atoms with Crippen LogP contribution in [0.3, 0.4) is 0 Å². The fourth-order valence-electron chi connectivity index (χ4n) is 9.08. The highest BCUT2D eigenvalue weighted by Gasteiger charge is 2.53. The minimum Gasteiger partial charge on any atom is -0.396 e. The summed E-state index contributed by atoms with van der Waals surface area (Å²) in [6, 6.07) is 19.9. The van der Waals surface area contributed by atoms with Gasteiger partial charge in [-0.1, -0.05) is 91.1 Å². The summed E-state index contributed by atoms with van der Waals surface area (Å²) in [6.45, 7) is 0.362. The summed E-state index contributed by atoms with van der Waals surface area (Å²) in [7, 11) is 0. The average Bonchev–Trinajstić information content (AvgIpc) is 3.50. The van der Waals surface area contributed by atoms with Crippen molar-refractivity contribution in [3.63, 3.8) is 0 Å². The summed E-state index contributed by atoms with van der Waals surface area (Å²) in [5.74, 6) is 0.363. The number of nitrogens with zero attached hydrogens (tertiary/aromatic N) is 1. The van der Waals surface area contributed by atoms with Gasteiger partial charge in [-0.2, -0.15) is 0 Å². The number of para-hydroxylation sites is 1. The molecule has 3 aromatic rings. The van der Waals surface area contributed by atoms with Gasteiger partial charge in [-0.3, -0.25) is 0 Å². The van der Waals surface area contributed by atoms with Crippen LogP contribution in [0, 0.1) is 11.3 Å². The molecule has 0 saturated heterocycles. The lowest BCUT2D eigenvalue weighted by atomic mass is 9.61. The predicted molar refractivity (Wildman–Crippen MR) is 178 cm³/mol. The minimum atomic E-state index is -0.249. The number of nitrogens with one attached hydrogen (secondary N) is 1. The smallest absolute Gasteiger partial charge is 0.0753 e. The third kappa shape index (κ3) is 4.08. The van der Waals surface area contributed by atoms with Crippen LogP contribution in [0.1, 0.15) is 56.1 Å². The second-order valence-electron chi connectivity index (χ2n) is 13.2. The van der Waals surface area contributed by atoms with Gasteiger partial charge in [0.1, 0.15) is 0 Å². The average molecular weight is 581 g/mol. The summed E-state index contributed by atoms with van der Waals surface area (Å²) in [4.78, 5) is 5.27. The van der Waals surface area contributed by atoms with Crippen LogP contribution in [-0.2, 0) is 5.41 Å². The van der Waals surface area contributed by atoms with Gasteiger partial charge < -0.3 is 15.5 Å². The molecule has 4 atom stereocenters. The van der Waals surface area contributed by atoms with E-state index < -0.39 is 0 Å². The molecule has 4 aliphatic carbocycles. The molecule has 44 heavy (non-hydrogen) atoms. The van der Waals surface area contributed by atoms with Gasteiger partial charge in [-0.25, -0.2) is 4.98 Å². The minimum absolute atomic E-state index is 0.108. The van der Waals surface area contributed by atoms with Crippen LogP contribution in [0.5, 0.6) is 0 Å². The number of hydrogen-bond donors (Lipinski definition) is 3. The Hall–Kier alpha value is -3.99. The van der Waals surface area contributed by atoms with Crippen molar-refractivity contribution in [2.75, 3.05) is 13.2 Å². The Kier molecular flexibility index (Phi) is 6.81. The highest BCUT2D eigenvalue weighted by atomic mass is 16.3. The first-order valence-corrected chi connectivity index (χ1v) is 16.4. The van der Waals surface area contributed by atoms with Crippen LogP contribution in [0.25, 0.3) is 22.2 Å². The molecule has 0 amide bonds. The molecule has 0 saturated carbocycles. The molecular weight excluding hydrogens is 540 g/mol. The molecule has 4 heteroatoms. The lowest BCUT2D eigenvalue weighted by molar-refractivity contribution is 0.173. The number of fused-ring (bicyclic) bond motifs is 7. The fourth-order valence-corrected chi connectivity index (χ4v) is 9.08. The number of rotatable bonds is 9. The maximum absolute atomic E-state index is 10.2. The normalized spacial score (nSPS) is 27.3. The molecule has 2 heterocycles. The zero-order valence-electron chi connectivity index (χ0n) is 25.2. The zero-order valence-corrected chi connectivity index (χ0v) is 25.2. The maximum atomic E-state index is 10.2. The van der Waals surface area contributed by atoms with Crippen molar-refractivity contribution in [3.05, 3.63) is 137 Å². The van der Waals surface area contributed by atoms with Crippen molar-refractivity contribution in [2.45, 2.75) is 56.4 Å². The van der Waals surface area contributed by atoms with Gasteiger partial charge in [0.15, 0.2) is 0 Å². The SMILES string of the molecule is OCCCC1(CCC2(CCCO)C3=C(NC4C=CC=CC4=C3)C3=CC=CCC32)c2ccccc2-c2nc3ccccc3cc21. The van der Waals surface area contributed by atoms with E-state index in [1.165, 1.54) is 44.5 Å². The second-order valence-corrected chi connectivity index (χ2v) is 13.2. The van der Waals surface area contributed by atoms with E-state index in [4.69, 9.17) is 4.98 Å². The Morgan fingerprint density at radius 2 is 1.70 bits per heavy atom. The van der Waals surface area contributed by atoms with Crippen LogP contribution in [0.15, 0.2) is 126 Å². The topological polar surface area (TPSA) is 65.4 Å². The largest absolute Gasteiger partial charge is 0.396 e. The van der Waals surface area contributed by atoms with Crippen molar-refractivity contribution in [1.82, 2.24) is 10.3 Å². The van der Waals surface area contributed by atoms with E-state index in [1.54, 1.807) is 0 Å². The number of aromatic nitrogens is 1. The first-order valence-electron chi connectivity index (χ1n) is 16.4. The molecule has 1 aliphatic heterocycles. The van der Waals surface area contributed by atoms with Crippen molar-refractivity contribution in [3.8, 4) is 11.3 Å². The number of dihydropyridines is 1. The summed E-state index contributed by atoms with van der Waals surface area (Å²) in [5.41, 5.74) is 11.1. The highest BCUT2D eigenvalue weighted by molar-refractivity contribution is 5.88. The van der Waals surface area contributed by atoms with E-state index in [2.05, 4.69) is 109 Å². The molecule has 5 aliphatic rings. The summed E-state index contributed by atoms with van der Waals surface area (Å²) >= 11 is 0. The standard InChI is InChI=1S/C40H40N2O2/c43-23-9-19-39(31-15-5-3-13-29(31)37-33(39)25-27-11-1-7-17-35(27)41-37)21-22-40(20-10-24-44)32-16-6-4-14-30(32)38-34(40)26-28-12-2-8-18-36(28)42-38/h1-8,11-15,17-18,25-26,32,36,42-44H,9-10,16,19-24H2. The van der Waals surface area contributed by atoms with Crippen LogP contribution < -0.4 is 5.32 Å². The van der Waals surface area contributed by atoms with Crippen LogP contribution in [0.4, 0.5) is 0 Å². The Morgan fingerprint density at radius 1 is 0.864 bits per heavy atom. The van der Waals surface area contributed by atoms with Crippen molar-refractivity contribution in [1.29, 1.82) is 0 Å². The Bertz CT molecular complexity index is 1820. The first kappa shape index (κ1) is 27.6. The number of hydrogen-bond acceptors (Lipinski definition) is 4. The molecule has 0 radical (unpaired) electrons. The first-order chi connectivity index (χ1) is 21.7. The van der Waals surface area contributed by atoms with Gasteiger partial charge in [0.2, 0.25) is 0 Å². The Morgan fingerprint density at radius 3 is 2.61 bits per heavy atom. The van der Waals surface area contributed by atoms with Gasteiger partial charge in [-0.15, -0.1) is 0 Å². The molecule has 4 nitrogen and oxygen atoms in total. The lowest BCUT2D eigenvalue weighted by Crippen LogP contribution is -2.36. The number of benzene rings is 2. The summed E-state index contributed by atoms with van der Waals surface area (Å²) < 4.78 is 0. The van der Waals surface area contributed by atoms with E-state index in [1.807, 2.05) is 0 Å². The van der Waals surface area contributed by atoms with Crippen LogP contribution in [-0.4, -0.2) is 34.5 Å². The van der Waals surface area contributed by atoms with E-state index in [9.17, 15) is 10.2 Å². The quantitative estimate of drug-likeness (QED) is 0.244. The molecule has 3 N–H and O–H groups in total. The summed E-state index contributed by atoms with van der Waals surface area (Å²) in [5, 5.41) is 25.5. The number of aliphatic hydroxyl groups is 2. The molecule has 8 rings (SSSR count). The van der Waals surface area contributed by atoms with Gasteiger partial charge >= 0.3 is 0 Å². The van der Waals surface area contributed by atoms with Crippen LogP contribution >= 0.6 is 0 Å². The van der Waals surface area contributed by atoms with E-state index in [0.717, 1.165) is 56.2 Å². The monoisotopic (exact) mass is 580 g/mol. The Balaban J connectivity index is 1.29. The molecule has 0 fully saturated rings. The van der Waals surface area contributed by atoms with E-state index in [0.29, 0.717) is 5.92 Å². The fraction of sp³-hybridized carbons (Fsp3) is 0.325. The summed E-state index contributed by atoms with van der Waals surface area (Å²) in [6.07, 6.45) is 24.4. The molecule has 2 aromatic carbocycles. The maximum Gasteiger partial charge on any atom is 0.0753 e. The van der Waals surface area contributed by atoms with E-state index >= 15 is 0 Å². The number of pyridine rings is 1. The third-order valence-electron chi connectivity index (χ3n) is 11.1. The molecule has 0 bridgehead atoms.